The first-order valence-corrected chi connectivity index (χ1v) is 4.99. The van der Waals surface area contributed by atoms with Crippen molar-refractivity contribution in [2.24, 2.45) is 0 Å². The Morgan fingerprint density at radius 2 is 1.73 bits per heavy atom. The summed E-state index contributed by atoms with van der Waals surface area (Å²) in [6, 6.07) is 10.8. The van der Waals surface area contributed by atoms with E-state index in [1.165, 1.54) is 6.07 Å². The van der Waals surface area contributed by atoms with E-state index in [2.05, 4.69) is 0 Å². The highest BCUT2D eigenvalue weighted by molar-refractivity contribution is 6.00. The monoisotopic (exact) mass is 202 g/mol. The number of aldehydes is 1. The number of phenols is 1. The van der Waals surface area contributed by atoms with Gasteiger partial charge in [0.2, 0.25) is 0 Å². The van der Waals surface area contributed by atoms with E-state index in [-0.39, 0.29) is 5.75 Å². The van der Waals surface area contributed by atoms with E-state index in [1.54, 1.807) is 6.07 Å². The van der Waals surface area contributed by atoms with E-state index >= 15 is 0 Å². The summed E-state index contributed by atoms with van der Waals surface area (Å²) in [6.07, 6.45) is 0.678. The lowest BCUT2D eigenvalue weighted by Gasteiger charge is -2.01. The smallest absolute Gasteiger partial charge is 0.154 e. The summed E-state index contributed by atoms with van der Waals surface area (Å²) in [6.45, 7) is 4.00. The van der Waals surface area contributed by atoms with Crippen molar-refractivity contribution in [2.45, 2.75) is 13.8 Å². The zero-order valence-electron chi connectivity index (χ0n) is 8.90. The number of hydrogen-bond donors (Lipinski definition) is 1. The molecule has 15 heavy (non-hydrogen) atoms. The third-order valence-corrected chi connectivity index (χ3v) is 2.07. The lowest BCUT2D eigenvalue weighted by molar-refractivity contribution is 0.112. The summed E-state index contributed by atoms with van der Waals surface area (Å²) in [5.74, 6) is 0.0358. The Hall–Kier alpha value is -1.83. The van der Waals surface area contributed by atoms with Gasteiger partial charge < -0.3 is 5.11 Å². The molecular formula is C13H14O2. The Bertz CT molecular complexity index is 461. The molecule has 0 aliphatic carbocycles. The highest BCUT2D eigenvalue weighted by Gasteiger charge is 2.03. The van der Waals surface area contributed by atoms with Crippen LogP contribution >= 0.6 is 0 Å². The molecule has 0 amide bonds. The summed E-state index contributed by atoms with van der Waals surface area (Å²) in [5.41, 5.74) is 0.359. The van der Waals surface area contributed by atoms with E-state index in [4.69, 9.17) is 0 Å². The zero-order chi connectivity index (χ0) is 11.3. The summed E-state index contributed by atoms with van der Waals surface area (Å²) < 4.78 is 0. The van der Waals surface area contributed by atoms with Gasteiger partial charge in [-0.25, -0.2) is 0 Å². The van der Waals surface area contributed by atoms with Crippen LogP contribution in [-0.4, -0.2) is 11.4 Å². The van der Waals surface area contributed by atoms with Crippen LogP contribution in [0, 0.1) is 0 Å². The summed E-state index contributed by atoms with van der Waals surface area (Å²) >= 11 is 0. The molecule has 0 aliphatic heterocycles. The van der Waals surface area contributed by atoms with Crippen LogP contribution in [0.25, 0.3) is 10.8 Å². The Kier molecular flexibility index (Phi) is 3.86. The molecule has 0 bridgehead atoms. The normalized spacial score (nSPS) is 9.20. The number of aromatic hydroxyl groups is 1. The van der Waals surface area contributed by atoms with Gasteiger partial charge >= 0.3 is 0 Å². The van der Waals surface area contributed by atoms with E-state index in [0.717, 1.165) is 10.8 Å². The van der Waals surface area contributed by atoms with E-state index < -0.39 is 0 Å². The van der Waals surface area contributed by atoms with Gasteiger partial charge in [-0.05, 0) is 16.8 Å². The Morgan fingerprint density at radius 3 is 2.40 bits per heavy atom. The number of carbonyl (C=O) groups is 1. The molecule has 0 aliphatic rings. The van der Waals surface area contributed by atoms with Crippen LogP contribution in [0.4, 0.5) is 0 Å². The maximum atomic E-state index is 10.7. The minimum absolute atomic E-state index is 0.0358. The minimum atomic E-state index is 0.0358. The van der Waals surface area contributed by atoms with Gasteiger partial charge in [-0.15, -0.1) is 0 Å². The second-order valence-corrected chi connectivity index (χ2v) is 2.84. The van der Waals surface area contributed by atoms with Gasteiger partial charge in [0.25, 0.3) is 0 Å². The van der Waals surface area contributed by atoms with Crippen molar-refractivity contribution in [3.63, 3.8) is 0 Å². The van der Waals surface area contributed by atoms with Crippen molar-refractivity contribution in [1.29, 1.82) is 0 Å². The minimum Gasteiger partial charge on any atom is -0.507 e. The van der Waals surface area contributed by atoms with Gasteiger partial charge in [0.15, 0.2) is 6.29 Å². The van der Waals surface area contributed by atoms with Crippen molar-refractivity contribution in [1.82, 2.24) is 0 Å². The van der Waals surface area contributed by atoms with Crippen LogP contribution in [0.15, 0.2) is 36.4 Å². The van der Waals surface area contributed by atoms with Crippen molar-refractivity contribution in [3.05, 3.63) is 42.0 Å². The molecule has 2 heteroatoms. The predicted molar refractivity (Wildman–Crippen MR) is 62.3 cm³/mol. The highest BCUT2D eigenvalue weighted by atomic mass is 16.3. The molecule has 2 aromatic rings. The van der Waals surface area contributed by atoms with Gasteiger partial charge in [-0.2, -0.15) is 0 Å². The number of rotatable bonds is 1. The van der Waals surface area contributed by atoms with Crippen molar-refractivity contribution in [2.75, 3.05) is 0 Å². The molecule has 2 aromatic carbocycles. The molecule has 0 fully saturated rings. The number of benzene rings is 2. The first-order valence-electron chi connectivity index (χ1n) is 4.99. The van der Waals surface area contributed by atoms with Crippen LogP contribution in [0.3, 0.4) is 0 Å². The van der Waals surface area contributed by atoms with Gasteiger partial charge in [0, 0.05) is 0 Å². The molecule has 0 atom stereocenters. The fourth-order valence-corrected chi connectivity index (χ4v) is 1.41. The second-order valence-electron chi connectivity index (χ2n) is 2.84. The molecule has 0 aromatic heterocycles. The lowest BCUT2D eigenvalue weighted by Crippen LogP contribution is -1.83. The molecule has 2 rings (SSSR count). The first-order chi connectivity index (χ1) is 7.33. The molecule has 78 valence electrons. The number of carbonyl (C=O) groups excluding carboxylic acids is 1. The third kappa shape index (κ3) is 2.15. The fraction of sp³-hybridized carbons (Fsp3) is 0.154. The quantitative estimate of drug-likeness (QED) is 0.720. The summed E-state index contributed by atoms with van der Waals surface area (Å²) in [4.78, 5) is 10.7. The standard InChI is InChI=1S/C11H8O2.C2H6/c12-7-10-9-4-2-1-3-8(9)5-6-11(10)13;1-2/h1-7,13H;1-2H3. The second kappa shape index (κ2) is 5.15. The molecule has 1 N–H and O–H groups in total. The average Bonchev–Trinajstić information content (AvgIpc) is 2.32. The molecule has 0 saturated heterocycles. The van der Waals surface area contributed by atoms with E-state index in [9.17, 15) is 9.90 Å². The Balaban J connectivity index is 0.000000531. The van der Waals surface area contributed by atoms with Gasteiger partial charge in [-0.1, -0.05) is 44.2 Å². The molecule has 0 saturated carbocycles. The van der Waals surface area contributed by atoms with Gasteiger partial charge in [0.1, 0.15) is 5.75 Å². The van der Waals surface area contributed by atoms with Gasteiger partial charge in [0.05, 0.1) is 5.56 Å². The summed E-state index contributed by atoms with van der Waals surface area (Å²) in [5, 5.41) is 11.1. The topological polar surface area (TPSA) is 37.3 Å². The van der Waals surface area contributed by atoms with Crippen LogP contribution in [0.5, 0.6) is 5.75 Å². The molecule has 0 radical (unpaired) electrons. The maximum absolute atomic E-state index is 10.7. The zero-order valence-corrected chi connectivity index (χ0v) is 8.90. The molecule has 0 heterocycles. The van der Waals surface area contributed by atoms with E-state index in [1.807, 2.05) is 38.1 Å². The van der Waals surface area contributed by atoms with Crippen LogP contribution < -0.4 is 0 Å². The van der Waals surface area contributed by atoms with Crippen molar-refractivity contribution < 1.29 is 9.90 Å². The summed E-state index contributed by atoms with van der Waals surface area (Å²) in [7, 11) is 0. The molecular weight excluding hydrogens is 188 g/mol. The Labute approximate surface area is 89.2 Å². The number of hydrogen-bond acceptors (Lipinski definition) is 2. The highest BCUT2D eigenvalue weighted by Crippen LogP contribution is 2.24. The van der Waals surface area contributed by atoms with Crippen LogP contribution in [0.1, 0.15) is 24.2 Å². The SMILES string of the molecule is CC.O=Cc1c(O)ccc2ccccc12. The molecule has 2 nitrogen and oxygen atoms in total. The molecule has 0 unspecified atom stereocenters. The van der Waals surface area contributed by atoms with Crippen LogP contribution in [-0.2, 0) is 0 Å². The lowest BCUT2D eigenvalue weighted by atomic mass is 10.0. The predicted octanol–water partition coefficient (Wildman–Crippen LogP) is 3.38. The number of fused-ring (bicyclic) bond motifs is 1. The maximum Gasteiger partial charge on any atom is 0.154 e. The van der Waals surface area contributed by atoms with Crippen molar-refractivity contribution in [3.8, 4) is 5.75 Å². The van der Waals surface area contributed by atoms with Gasteiger partial charge in [-0.3, -0.25) is 4.79 Å². The first kappa shape index (κ1) is 11.2. The number of phenolic OH excluding ortho intramolecular Hbond substituents is 1. The largest absolute Gasteiger partial charge is 0.507 e. The molecule has 0 spiro atoms. The fourth-order valence-electron chi connectivity index (χ4n) is 1.41. The van der Waals surface area contributed by atoms with Crippen molar-refractivity contribution >= 4 is 17.1 Å². The third-order valence-electron chi connectivity index (χ3n) is 2.07. The van der Waals surface area contributed by atoms with E-state index in [0.29, 0.717) is 11.8 Å². The van der Waals surface area contributed by atoms with Crippen LogP contribution in [0.2, 0.25) is 0 Å². The Morgan fingerprint density at radius 1 is 1.07 bits per heavy atom. The average molecular weight is 202 g/mol.